The van der Waals surface area contributed by atoms with Crippen molar-refractivity contribution < 1.29 is 0 Å². The van der Waals surface area contributed by atoms with Crippen LogP contribution < -0.4 is 5.56 Å². The van der Waals surface area contributed by atoms with Crippen LogP contribution in [-0.4, -0.2) is 9.55 Å². The molecule has 108 valence electrons. The molecule has 0 aliphatic carbocycles. The molecule has 0 spiro atoms. The fraction of sp³-hybridized carbons (Fsp3) is 0.733. The lowest BCUT2D eigenvalue weighted by Crippen LogP contribution is -2.22. The molecule has 0 radical (unpaired) electrons. The van der Waals surface area contributed by atoms with E-state index in [0.717, 1.165) is 13.0 Å². The Balaban J connectivity index is 2.21. The van der Waals surface area contributed by atoms with Gasteiger partial charge in [0.1, 0.15) is 11.0 Å². The lowest BCUT2D eigenvalue weighted by Gasteiger charge is -2.08. The highest BCUT2D eigenvalue weighted by atomic mass is 35.5. The van der Waals surface area contributed by atoms with Crippen LogP contribution in [0.25, 0.3) is 0 Å². The molecule has 0 N–H and O–H groups in total. The van der Waals surface area contributed by atoms with Crippen LogP contribution in [0.2, 0.25) is 5.15 Å². The van der Waals surface area contributed by atoms with E-state index in [0.29, 0.717) is 5.82 Å². The van der Waals surface area contributed by atoms with Gasteiger partial charge in [0.2, 0.25) is 0 Å². The molecule has 1 aromatic rings. The van der Waals surface area contributed by atoms with Gasteiger partial charge in [0.15, 0.2) is 0 Å². The van der Waals surface area contributed by atoms with Crippen LogP contribution in [0.5, 0.6) is 0 Å². The van der Waals surface area contributed by atoms with Gasteiger partial charge in [-0.2, -0.15) is 0 Å². The van der Waals surface area contributed by atoms with E-state index >= 15 is 0 Å². The van der Waals surface area contributed by atoms with E-state index in [1.165, 1.54) is 51.0 Å². The number of hydrogen-bond acceptors (Lipinski definition) is 2. The van der Waals surface area contributed by atoms with Crippen molar-refractivity contribution in [2.24, 2.45) is 0 Å². The van der Waals surface area contributed by atoms with E-state index in [1.807, 2.05) is 6.92 Å². The Morgan fingerprint density at radius 2 is 1.68 bits per heavy atom. The van der Waals surface area contributed by atoms with Crippen molar-refractivity contribution in [3.05, 3.63) is 27.4 Å². The molecule has 19 heavy (non-hydrogen) atoms. The SMILES string of the molecule is CCCCCCCCCCn1c(C)nc(Cl)cc1=O. The Hall–Kier alpha value is -0.830. The number of aromatic nitrogens is 2. The number of hydrogen-bond donors (Lipinski definition) is 0. The van der Waals surface area contributed by atoms with Crippen molar-refractivity contribution >= 4 is 11.6 Å². The van der Waals surface area contributed by atoms with E-state index in [2.05, 4.69) is 11.9 Å². The van der Waals surface area contributed by atoms with E-state index in [4.69, 9.17) is 11.6 Å². The molecule has 0 aliphatic rings. The Kier molecular flexibility index (Phi) is 7.80. The summed E-state index contributed by atoms with van der Waals surface area (Å²) in [4.78, 5) is 15.8. The second-order valence-electron chi connectivity index (χ2n) is 5.09. The van der Waals surface area contributed by atoms with Crippen LogP contribution >= 0.6 is 11.6 Å². The molecule has 3 nitrogen and oxygen atoms in total. The highest BCUT2D eigenvalue weighted by Crippen LogP contribution is 2.09. The van der Waals surface area contributed by atoms with Gasteiger partial charge in [-0.1, -0.05) is 63.5 Å². The van der Waals surface area contributed by atoms with Gasteiger partial charge in [-0.15, -0.1) is 0 Å². The monoisotopic (exact) mass is 284 g/mol. The first-order valence-corrected chi connectivity index (χ1v) is 7.77. The van der Waals surface area contributed by atoms with Crippen molar-refractivity contribution in [1.29, 1.82) is 0 Å². The van der Waals surface area contributed by atoms with Gasteiger partial charge in [-0.05, 0) is 13.3 Å². The Bertz CT molecular complexity index is 429. The normalized spacial score (nSPS) is 10.9. The van der Waals surface area contributed by atoms with Crippen molar-refractivity contribution in [2.45, 2.75) is 71.8 Å². The number of nitrogens with zero attached hydrogens (tertiary/aromatic N) is 2. The molecule has 0 amide bonds. The quantitative estimate of drug-likeness (QED) is 0.499. The molecule has 0 bridgehead atoms. The second-order valence-corrected chi connectivity index (χ2v) is 5.48. The van der Waals surface area contributed by atoms with Gasteiger partial charge in [0.25, 0.3) is 5.56 Å². The Labute approximate surface area is 121 Å². The number of rotatable bonds is 9. The van der Waals surface area contributed by atoms with Gasteiger partial charge < -0.3 is 0 Å². The first kappa shape index (κ1) is 16.2. The number of aryl methyl sites for hydroxylation is 1. The predicted molar refractivity (Wildman–Crippen MR) is 80.9 cm³/mol. The van der Waals surface area contributed by atoms with Crippen molar-refractivity contribution in [3.8, 4) is 0 Å². The van der Waals surface area contributed by atoms with Crippen molar-refractivity contribution in [1.82, 2.24) is 9.55 Å². The van der Waals surface area contributed by atoms with Gasteiger partial charge in [0.05, 0.1) is 0 Å². The molecule has 1 aromatic heterocycles. The minimum Gasteiger partial charge on any atom is -0.297 e. The van der Waals surface area contributed by atoms with E-state index in [9.17, 15) is 4.79 Å². The molecule has 0 aromatic carbocycles. The highest BCUT2D eigenvalue weighted by Gasteiger charge is 2.03. The summed E-state index contributed by atoms with van der Waals surface area (Å²) in [5.41, 5.74) is -0.0413. The lowest BCUT2D eigenvalue weighted by atomic mass is 10.1. The summed E-state index contributed by atoms with van der Waals surface area (Å²) in [6.07, 6.45) is 10.1. The van der Waals surface area contributed by atoms with Gasteiger partial charge in [-0.25, -0.2) is 4.98 Å². The summed E-state index contributed by atoms with van der Waals surface area (Å²) in [5, 5.41) is 0.287. The Morgan fingerprint density at radius 1 is 1.11 bits per heavy atom. The average molecular weight is 285 g/mol. The third-order valence-corrected chi connectivity index (χ3v) is 3.60. The first-order chi connectivity index (χ1) is 9.15. The summed E-state index contributed by atoms with van der Waals surface area (Å²) in [6, 6.07) is 1.39. The number of halogens is 1. The summed E-state index contributed by atoms with van der Waals surface area (Å²) >= 11 is 5.74. The maximum atomic E-state index is 11.7. The third kappa shape index (κ3) is 6.24. The summed E-state index contributed by atoms with van der Waals surface area (Å²) < 4.78 is 1.71. The smallest absolute Gasteiger partial charge is 0.254 e. The summed E-state index contributed by atoms with van der Waals surface area (Å²) in [6.45, 7) is 4.82. The van der Waals surface area contributed by atoms with Crippen LogP contribution in [-0.2, 0) is 6.54 Å². The second kappa shape index (κ2) is 9.13. The van der Waals surface area contributed by atoms with Gasteiger partial charge >= 0.3 is 0 Å². The first-order valence-electron chi connectivity index (χ1n) is 7.39. The zero-order chi connectivity index (χ0) is 14.1. The Morgan fingerprint density at radius 3 is 2.26 bits per heavy atom. The zero-order valence-corrected chi connectivity index (χ0v) is 12.9. The molecular formula is C15H25ClN2O. The molecule has 0 saturated carbocycles. The topological polar surface area (TPSA) is 34.9 Å². The molecule has 0 atom stereocenters. The van der Waals surface area contributed by atoms with E-state index in [1.54, 1.807) is 4.57 Å². The molecule has 1 rings (SSSR count). The fourth-order valence-electron chi connectivity index (χ4n) is 2.26. The van der Waals surface area contributed by atoms with Crippen LogP contribution in [0.3, 0.4) is 0 Å². The predicted octanol–water partition coefficient (Wildman–Crippen LogP) is 4.35. The summed E-state index contributed by atoms with van der Waals surface area (Å²) in [7, 11) is 0. The molecule has 0 fully saturated rings. The van der Waals surface area contributed by atoms with Gasteiger partial charge in [-0.3, -0.25) is 9.36 Å². The fourth-order valence-corrected chi connectivity index (χ4v) is 2.48. The maximum Gasteiger partial charge on any atom is 0.254 e. The lowest BCUT2D eigenvalue weighted by molar-refractivity contribution is 0.527. The van der Waals surface area contributed by atoms with E-state index < -0.39 is 0 Å². The minimum atomic E-state index is -0.0413. The van der Waals surface area contributed by atoms with Crippen molar-refractivity contribution in [2.75, 3.05) is 0 Å². The van der Waals surface area contributed by atoms with Crippen LogP contribution in [0.4, 0.5) is 0 Å². The maximum absolute atomic E-state index is 11.7. The van der Waals surface area contributed by atoms with Gasteiger partial charge in [0, 0.05) is 12.6 Å². The van der Waals surface area contributed by atoms with Crippen molar-refractivity contribution in [3.63, 3.8) is 0 Å². The largest absolute Gasteiger partial charge is 0.297 e. The molecule has 1 heterocycles. The highest BCUT2D eigenvalue weighted by molar-refractivity contribution is 6.29. The zero-order valence-electron chi connectivity index (χ0n) is 12.1. The van der Waals surface area contributed by atoms with Crippen LogP contribution in [0.1, 0.15) is 64.1 Å². The molecule has 0 saturated heterocycles. The van der Waals surface area contributed by atoms with E-state index in [-0.39, 0.29) is 10.7 Å². The molecule has 0 unspecified atom stereocenters. The third-order valence-electron chi connectivity index (χ3n) is 3.40. The minimum absolute atomic E-state index is 0.0413. The van der Waals surface area contributed by atoms with Crippen LogP contribution in [0.15, 0.2) is 10.9 Å². The molecule has 0 aliphatic heterocycles. The molecule has 4 heteroatoms. The standard InChI is InChI=1S/C15H25ClN2O/c1-3-4-5-6-7-8-9-10-11-18-13(2)17-14(16)12-15(18)19/h12H,3-11H2,1-2H3. The molecular weight excluding hydrogens is 260 g/mol. The average Bonchev–Trinajstić information content (AvgIpc) is 2.35. The van der Waals surface area contributed by atoms with Crippen LogP contribution in [0, 0.1) is 6.92 Å². The number of unbranched alkanes of at least 4 members (excludes halogenated alkanes) is 7. The summed E-state index contributed by atoms with van der Waals surface area (Å²) in [5.74, 6) is 0.709.